The molecule has 1 nitrogen and oxygen atoms in total. The van der Waals surface area contributed by atoms with Crippen LogP contribution in [0.2, 0.25) is 0 Å². The molecule has 2 heteroatoms. The van der Waals surface area contributed by atoms with Gasteiger partial charge < -0.3 is 12.5 Å². The topological polar surface area (TPSA) is 23.1 Å². The first kappa shape index (κ1) is 22.6. The summed E-state index contributed by atoms with van der Waals surface area (Å²) in [6.45, 7) is 1.57. The molecule has 0 N–H and O–H groups in total. The molecular formula is C23H32OZr. The molecule has 2 aliphatic carbocycles. The Morgan fingerprint density at radius 2 is 1.16 bits per heavy atom. The van der Waals surface area contributed by atoms with Crippen molar-refractivity contribution in [2.75, 3.05) is 6.61 Å². The minimum atomic E-state index is 0. The van der Waals surface area contributed by atoms with E-state index in [4.69, 9.17) is 5.11 Å². The van der Waals surface area contributed by atoms with E-state index in [0.29, 0.717) is 0 Å². The summed E-state index contributed by atoms with van der Waals surface area (Å²) in [7, 11) is 0. The molecule has 0 spiro atoms. The van der Waals surface area contributed by atoms with Crippen LogP contribution >= 0.6 is 0 Å². The van der Waals surface area contributed by atoms with Gasteiger partial charge in [0.1, 0.15) is 0 Å². The second kappa shape index (κ2) is 11.3. The van der Waals surface area contributed by atoms with E-state index in [2.05, 4.69) is 24.3 Å². The maximum absolute atomic E-state index is 8.93. The first-order valence-electron chi connectivity index (χ1n) is 9.43. The standard InChI is InChI=1S/C20H24.C2H5O.CH3.Zr/c1-2-6-18-12-15(11-17(18)5-1)9-10-16-13-19-7-3-4-8-20(19)14-16;1-2-3;;/h11-14H,1-10H2;2H2,1H3;1H3;/q-2;2*-1;+4. The van der Waals surface area contributed by atoms with Gasteiger partial charge in [-0.15, -0.1) is 6.61 Å². The molecule has 25 heavy (non-hydrogen) atoms. The molecule has 0 saturated carbocycles. The van der Waals surface area contributed by atoms with Gasteiger partial charge in [0.15, 0.2) is 0 Å². The summed E-state index contributed by atoms with van der Waals surface area (Å²) in [5.41, 5.74) is 9.74. The zero-order chi connectivity index (χ0) is 16.1. The first-order chi connectivity index (χ1) is 11.3. The second-order valence-electron chi connectivity index (χ2n) is 7.03. The molecule has 4 rings (SSSR count). The zero-order valence-electron chi connectivity index (χ0n) is 16.0. The average Bonchev–Trinajstić information content (AvgIpc) is 3.16. The van der Waals surface area contributed by atoms with Crippen molar-refractivity contribution in [3.05, 3.63) is 65.1 Å². The minimum Gasteiger partial charge on any atom is -0.855 e. The fraction of sp³-hybridized carbons (Fsp3) is 0.522. The molecule has 0 fully saturated rings. The van der Waals surface area contributed by atoms with Crippen molar-refractivity contribution in [1.82, 2.24) is 0 Å². The van der Waals surface area contributed by atoms with Crippen LogP contribution in [0.25, 0.3) is 0 Å². The van der Waals surface area contributed by atoms with Gasteiger partial charge in [-0.3, -0.25) is 0 Å². The van der Waals surface area contributed by atoms with Crippen molar-refractivity contribution in [3.8, 4) is 0 Å². The van der Waals surface area contributed by atoms with E-state index >= 15 is 0 Å². The Morgan fingerprint density at radius 1 is 0.800 bits per heavy atom. The van der Waals surface area contributed by atoms with Gasteiger partial charge in [0.05, 0.1) is 0 Å². The van der Waals surface area contributed by atoms with Crippen LogP contribution in [0.1, 0.15) is 66.0 Å². The molecule has 2 aliphatic rings. The third-order valence-electron chi connectivity index (χ3n) is 5.25. The quantitative estimate of drug-likeness (QED) is 0.678. The molecule has 0 heterocycles. The van der Waals surface area contributed by atoms with E-state index in [1.165, 1.54) is 64.2 Å². The van der Waals surface area contributed by atoms with Gasteiger partial charge in [-0.1, -0.05) is 58.3 Å². The Labute approximate surface area is 173 Å². The summed E-state index contributed by atoms with van der Waals surface area (Å²) in [5, 5.41) is 8.93. The Balaban J connectivity index is 0.000000586. The van der Waals surface area contributed by atoms with Crippen LogP contribution in [0, 0.1) is 7.43 Å². The van der Waals surface area contributed by atoms with E-state index in [1.807, 2.05) is 0 Å². The van der Waals surface area contributed by atoms with Crippen LogP contribution < -0.4 is 5.11 Å². The minimum absolute atomic E-state index is 0. The van der Waals surface area contributed by atoms with Crippen molar-refractivity contribution in [2.45, 2.75) is 71.1 Å². The van der Waals surface area contributed by atoms with Crippen molar-refractivity contribution in [2.24, 2.45) is 0 Å². The third-order valence-corrected chi connectivity index (χ3v) is 5.25. The molecule has 0 aliphatic heterocycles. The van der Waals surface area contributed by atoms with Crippen LogP contribution in [-0.4, -0.2) is 6.61 Å². The summed E-state index contributed by atoms with van der Waals surface area (Å²) >= 11 is 0. The molecule has 0 radical (unpaired) electrons. The predicted octanol–water partition coefficient (Wildman–Crippen LogP) is 4.48. The predicted molar refractivity (Wildman–Crippen MR) is 102 cm³/mol. The SMILES string of the molecule is CC[O-].[CH3-].[Zr+4].c1c(CCc2cc3c([cH-]2)CCCC3)[cH-]c2c1CCCC2. The van der Waals surface area contributed by atoms with Crippen LogP contribution in [0.5, 0.6) is 0 Å². The van der Waals surface area contributed by atoms with Gasteiger partial charge in [-0.05, 0) is 12.8 Å². The van der Waals surface area contributed by atoms with Crippen LogP contribution in [0.3, 0.4) is 0 Å². The fourth-order valence-corrected chi connectivity index (χ4v) is 4.12. The Morgan fingerprint density at radius 3 is 1.52 bits per heavy atom. The van der Waals surface area contributed by atoms with Crippen LogP contribution in [0.15, 0.2) is 24.3 Å². The molecule has 0 atom stereocenters. The first-order valence-corrected chi connectivity index (χ1v) is 9.43. The largest absolute Gasteiger partial charge is 4.00 e. The van der Waals surface area contributed by atoms with E-state index in [-0.39, 0.29) is 40.2 Å². The number of hydrogen-bond acceptors (Lipinski definition) is 1. The van der Waals surface area contributed by atoms with Crippen molar-refractivity contribution in [3.63, 3.8) is 0 Å². The molecular weight excluding hydrogens is 383 g/mol. The smallest absolute Gasteiger partial charge is 0.855 e. The van der Waals surface area contributed by atoms with E-state index in [1.54, 1.807) is 40.3 Å². The maximum atomic E-state index is 8.93. The van der Waals surface area contributed by atoms with Gasteiger partial charge >= 0.3 is 26.2 Å². The molecule has 2 aromatic carbocycles. The molecule has 0 amide bonds. The summed E-state index contributed by atoms with van der Waals surface area (Å²) in [4.78, 5) is 0. The van der Waals surface area contributed by atoms with Crippen molar-refractivity contribution < 1.29 is 31.3 Å². The molecule has 2 aromatic rings. The Kier molecular flexibility index (Phi) is 10.2. The summed E-state index contributed by atoms with van der Waals surface area (Å²) < 4.78 is 0. The maximum Gasteiger partial charge on any atom is 4.00 e. The number of fused-ring (bicyclic) bond motifs is 2. The van der Waals surface area contributed by atoms with Crippen LogP contribution in [-0.2, 0) is 64.7 Å². The molecule has 0 aromatic heterocycles. The van der Waals surface area contributed by atoms with E-state index < -0.39 is 0 Å². The molecule has 0 unspecified atom stereocenters. The normalized spacial score (nSPS) is 15.0. The zero-order valence-corrected chi connectivity index (χ0v) is 18.5. The Hall–Kier alpha value is -0.457. The second-order valence-corrected chi connectivity index (χ2v) is 7.03. The number of hydrogen-bond donors (Lipinski definition) is 0. The summed E-state index contributed by atoms with van der Waals surface area (Å²) in [5.74, 6) is 0. The Bertz CT molecular complexity index is 519. The van der Waals surface area contributed by atoms with Crippen molar-refractivity contribution >= 4 is 0 Å². The average molecular weight is 416 g/mol. The van der Waals surface area contributed by atoms with Crippen LogP contribution in [0.4, 0.5) is 0 Å². The third kappa shape index (κ3) is 6.04. The molecule has 0 saturated heterocycles. The molecule has 134 valence electrons. The number of aryl methyl sites for hydroxylation is 6. The van der Waals surface area contributed by atoms with E-state index in [0.717, 1.165) is 0 Å². The van der Waals surface area contributed by atoms with Gasteiger partial charge in [0.25, 0.3) is 0 Å². The molecule has 0 bridgehead atoms. The van der Waals surface area contributed by atoms with Gasteiger partial charge in [0.2, 0.25) is 0 Å². The van der Waals surface area contributed by atoms with E-state index in [9.17, 15) is 0 Å². The monoisotopic (exact) mass is 414 g/mol. The van der Waals surface area contributed by atoms with Gasteiger partial charge in [0, 0.05) is 0 Å². The van der Waals surface area contributed by atoms with Gasteiger partial charge in [-0.2, -0.15) is 45.5 Å². The fourth-order valence-electron chi connectivity index (χ4n) is 4.12. The summed E-state index contributed by atoms with van der Waals surface area (Å²) in [6, 6.07) is 9.93. The van der Waals surface area contributed by atoms with Crippen molar-refractivity contribution in [1.29, 1.82) is 0 Å². The summed E-state index contributed by atoms with van der Waals surface area (Å²) in [6.07, 6.45) is 13.3. The van der Waals surface area contributed by atoms with Gasteiger partial charge in [-0.25, -0.2) is 12.1 Å². The number of rotatable bonds is 3.